The van der Waals surface area contributed by atoms with Crippen molar-refractivity contribution in [2.45, 2.75) is 18.9 Å². The molecule has 2 heterocycles. The Morgan fingerprint density at radius 1 is 1.36 bits per heavy atom. The van der Waals surface area contributed by atoms with E-state index in [9.17, 15) is 0 Å². The Balaban J connectivity index is 2.05. The molecule has 1 aliphatic rings. The Bertz CT molecular complexity index is 407. The first-order valence-corrected chi connectivity index (χ1v) is 5.05. The Hall–Kier alpha value is -1.28. The summed E-state index contributed by atoms with van der Waals surface area (Å²) in [5, 5.41) is 1.15. The van der Waals surface area contributed by atoms with Gasteiger partial charge in [0.1, 0.15) is 0 Å². The van der Waals surface area contributed by atoms with Gasteiger partial charge in [0.05, 0.1) is 11.8 Å². The molecule has 1 fully saturated rings. The summed E-state index contributed by atoms with van der Waals surface area (Å²) < 4.78 is 5.61. The van der Waals surface area contributed by atoms with Crippen LogP contribution in [0.3, 0.4) is 0 Å². The maximum atomic E-state index is 5.61. The molecule has 1 saturated heterocycles. The standard InChI is InChI=1S/C12H12NO/c1-2-5-10-9(4-1)8-11(13-10)12-6-3-7-14-12/h1-2,4-5,12-13H,3,6-7H2. The average Bonchev–Trinajstić information content (AvgIpc) is 2.86. The highest BCUT2D eigenvalue weighted by Gasteiger charge is 2.19. The number of hydrogen-bond donors (Lipinski definition) is 1. The number of para-hydroxylation sites is 1. The van der Waals surface area contributed by atoms with E-state index in [1.165, 1.54) is 0 Å². The minimum Gasteiger partial charge on any atom is -0.372 e. The fourth-order valence-electron chi connectivity index (χ4n) is 1.99. The number of hydrogen-bond acceptors (Lipinski definition) is 1. The van der Waals surface area contributed by atoms with Crippen molar-refractivity contribution in [3.05, 3.63) is 36.0 Å². The molecule has 1 unspecified atom stereocenters. The Morgan fingerprint density at radius 2 is 2.29 bits per heavy atom. The van der Waals surface area contributed by atoms with Gasteiger partial charge in [0, 0.05) is 23.6 Å². The van der Waals surface area contributed by atoms with Crippen molar-refractivity contribution < 1.29 is 4.74 Å². The first kappa shape index (κ1) is 8.06. The molecule has 1 atom stereocenters. The van der Waals surface area contributed by atoms with Crippen LogP contribution in [0.5, 0.6) is 0 Å². The SMILES string of the molecule is [c]1c(C2CCCO2)[nH]c2ccccc12. The zero-order valence-corrected chi connectivity index (χ0v) is 7.92. The van der Waals surface area contributed by atoms with Crippen molar-refractivity contribution in [3.8, 4) is 0 Å². The molecule has 0 amide bonds. The monoisotopic (exact) mass is 186 g/mol. The summed E-state index contributed by atoms with van der Waals surface area (Å²) in [6.07, 6.45) is 2.51. The summed E-state index contributed by atoms with van der Waals surface area (Å²) in [4.78, 5) is 3.36. The molecule has 0 saturated carbocycles. The number of nitrogens with one attached hydrogen (secondary N) is 1. The van der Waals surface area contributed by atoms with Crippen LogP contribution in [0.15, 0.2) is 24.3 Å². The highest BCUT2D eigenvalue weighted by atomic mass is 16.5. The molecule has 3 rings (SSSR count). The van der Waals surface area contributed by atoms with Gasteiger partial charge in [-0.15, -0.1) is 0 Å². The van der Waals surface area contributed by atoms with Crippen LogP contribution < -0.4 is 0 Å². The van der Waals surface area contributed by atoms with Crippen LogP contribution in [0.25, 0.3) is 10.9 Å². The van der Waals surface area contributed by atoms with Crippen LogP contribution in [-0.2, 0) is 4.74 Å². The van der Waals surface area contributed by atoms with Crippen molar-refractivity contribution in [1.82, 2.24) is 4.98 Å². The molecule has 2 nitrogen and oxygen atoms in total. The summed E-state index contributed by atoms with van der Waals surface area (Å²) >= 11 is 0. The third-order valence-electron chi connectivity index (χ3n) is 2.72. The second-order valence-electron chi connectivity index (χ2n) is 3.71. The molecule has 1 aromatic heterocycles. The van der Waals surface area contributed by atoms with Crippen molar-refractivity contribution >= 4 is 10.9 Å². The predicted octanol–water partition coefficient (Wildman–Crippen LogP) is 2.82. The van der Waals surface area contributed by atoms with E-state index in [0.717, 1.165) is 36.0 Å². The number of benzene rings is 1. The maximum Gasteiger partial charge on any atom is 0.0980 e. The fourth-order valence-corrected chi connectivity index (χ4v) is 1.99. The normalized spacial score (nSPS) is 21.9. The van der Waals surface area contributed by atoms with Gasteiger partial charge in [-0.05, 0) is 18.9 Å². The van der Waals surface area contributed by atoms with E-state index in [1.807, 2.05) is 12.1 Å². The van der Waals surface area contributed by atoms with Crippen LogP contribution in [0.1, 0.15) is 24.6 Å². The van der Waals surface area contributed by atoms with Gasteiger partial charge in [-0.25, -0.2) is 0 Å². The van der Waals surface area contributed by atoms with E-state index < -0.39 is 0 Å². The molecule has 1 N–H and O–H groups in total. The van der Waals surface area contributed by atoms with Crippen molar-refractivity contribution in [3.63, 3.8) is 0 Å². The smallest absolute Gasteiger partial charge is 0.0980 e. The summed E-state index contributed by atoms with van der Waals surface area (Å²) in [7, 11) is 0. The molecule has 14 heavy (non-hydrogen) atoms. The molecule has 0 aliphatic carbocycles. The molecule has 1 aromatic carbocycles. The highest BCUT2D eigenvalue weighted by molar-refractivity contribution is 5.79. The van der Waals surface area contributed by atoms with Crippen LogP contribution in [0.2, 0.25) is 0 Å². The van der Waals surface area contributed by atoms with Crippen molar-refractivity contribution in [1.29, 1.82) is 0 Å². The summed E-state index contributed by atoms with van der Waals surface area (Å²) in [5.74, 6) is 0. The lowest BCUT2D eigenvalue weighted by Crippen LogP contribution is -1.95. The molecule has 71 valence electrons. The van der Waals surface area contributed by atoms with Gasteiger partial charge in [0.15, 0.2) is 0 Å². The first-order chi connectivity index (χ1) is 6.93. The van der Waals surface area contributed by atoms with E-state index in [4.69, 9.17) is 4.74 Å². The Labute approximate surface area is 82.9 Å². The minimum atomic E-state index is 0.238. The van der Waals surface area contributed by atoms with Gasteiger partial charge in [-0.1, -0.05) is 18.2 Å². The molecular weight excluding hydrogens is 174 g/mol. The maximum absolute atomic E-state index is 5.61. The summed E-state index contributed by atoms with van der Waals surface area (Å²) in [6.45, 7) is 0.883. The van der Waals surface area contributed by atoms with Crippen LogP contribution in [0.4, 0.5) is 0 Å². The molecule has 1 radical (unpaired) electrons. The third kappa shape index (κ3) is 1.23. The minimum absolute atomic E-state index is 0.238. The van der Waals surface area contributed by atoms with E-state index in [0.29, 0.717) is 0 Å². The predicted molar refractivity (Wildman–Crippen MR) is 55.1 cm³/mol. The quantitative estimate of drug-likeness (QED) is 0.727. The number of aromatic nitrogens is 1. The number of aromatic amines is 1. The highest BCUT2D eigenvalue weighted by Crippen LogP contribution is 2.29. The van der Waals surface area contributed by atoms with Crippen LogP contribution >= 0.6 is 0 Å². The number of H-pyrrole nitrogens is 1. The number of ether oxygens (including phenoxy) is 1. The lowest BCUT2D eigenvalue weighted by atomic mass is 10.2. The van der Waals surface area contributed by atoms with Crippen molar-refractivity contribution in [2.24, 2.45) is 0 Å². The lowest BCUT2D eigenvalue weighted by molar-refractivity contribution is 0.109. The zero-order chi connectivity index (χ0) is 9.38. The Kier molecular flexibility index (Phi) is 1.81. The summed E-state index contributed by atoms with van der Waals surface area (Å²) in [6, 6.07) is 11.6. The molecule has 2 heteroatoms. The molecule has 0 bridgehead atoms. The van der Waals surface area contributed by atoms with E-state index in [2.05, 4.69) is 23.2 Å². The largest absolute Gasteiger partial charge is 0.372 e. The molecule has 1 aliphatic heterocycles. The lowest BCUT2D eigenvalue weighted by Gasteiger charge is -2.04. The van der Waals surface area contributed by atoms with E-state index in [1.54, 1.807) is 0 Å². The fraction of sp³-hybridized carbons (Fsp3) is 0.333. The topological polar surface area (TPSA) is 25.0 Å². The van der Waals surface area contributed by atoms with Gasteiger partial charge in [-0.2, -0.15) is 0 Å². The van der Waals surface area contributed by atoms with Gasteiger partial charge >= 0.3 is 0 Å². The van der Waals surface area contributed by atoms with E-state index >= 15 is 0 Å². The van der Waals surface area contributed by atoms with Gasteiger partial charge < -0.3 is 9.72 Å². The molecule has 0 spiro atoms. The van der Waals surface area contributed by atoms with Gasteiger partial charge in [0.25, 0.3) is 0 Å². The van der Waals surface area contributed by atoms with E-state index in [-0.39, 0.29) is 6.10 Å². The second-order valence-corrected chi connectivity index (χ2v) is 3.71. The van der Waals surface area contributed by atoms with Crippen molar-refractivity contribution in [2.75, 3.05) is 6.61 Å². The van der Waals surface area contributed by atoms with Crippen LogP contribution in [-0.4, -0.2) is 11.6 Å². The average molecular weight is 186 g/mol. The second kappa shape index (κ2) is 3.14. The summed E-state index contributed by atoms with van der Waals surface area (Å²) in [5.41, 5.74) is 2.25. The Morgan fingerprint density at radius 3 is 3.07 bits per heavy atom. The number of fused-ring (bicyclic) bond motifs is 1. The zero-order valence-electron chi connectivity index (χ0n) is 7.92. The third-order valence-corrected chi connectivity index (χ3v) is 2.72. The number of rotatable bonds is 1. The van der Waals surface area contributed by atoms with Gasteiger partial charge in [0.2, 0.25) is 0 Å². The van der Waals surface area contributed by atoms with Gasteiger partial charge in [-0.3, -0.25) is 0 Å². The first-order valence-electron chi connectivity index (χ1n) is 5.05. The van der Waals surface area contributed by atoms with Crippen LogP contribution in [0, 0.1) is 6.07 Å². The molecule has 2 aromatic rings. The molecular formula is C12H12NO.